The number of rotatable bonds is 2. The van der Waals surface area contributed by atoms with Gasteiger partial charge in [-0.15, -0.1) is 0 Å². The number of hydrogen-bond acceptors (Lipinski definition) is 4. The van der Waals surface area contributed by atoms with Gasteiger partial charge in [-0.1, -0.05) is 0 Å². The zero-order valence-electron chi connectivity index (χ0n) is 16.7. The van der Waals surface area contributed by atoms with Crippen molar-refractivity contribution in [3.05, 3.63) is 30.5 Å². The van der Waals surface area contributed by atoms with Crippen LogP contribution in [0.2, 0.25) is 0 Å². The standard InChI is InChI=1S/C21H27N5O2/c1-19(2,3)28-18(27)25-21-8-5-20(6-9-21,7-10-21)17-24-13-14-12-23-16-15(26(14)17)4-11-22-16/h4,11-13,22H,5-10H2,1-3H3,(H,25,27). The van der Waals surface area contributed by atoms with Gasteiger partial charge in [0.25, 0.3) is 0 Å². The topological polar surface area (TPSA) is 84.3 Å². The molecule has 0 unspecified atom stereocenters. The van der Waals surface area contributed by atoms with E-state index in [1.165, 1.54) is 0 Å². The molecule has 148 valence electrons. The molecule has 3 aromatic rings. The van der Waals surface area contributed by atoms with E-state index in [-0.39, 0.29) is 17.0 Å². The van der Waals surface area contributed by atoms with Crippen molar-refractivity contribution in [2.75, 3.05) is 0 Å². The Morgan fingerprint density at radius 2 is 1.82 bits per heavy atom. The Morgan fingerprint density at radius 1 is 1.14 bits per heavy atom. The number of nitrogens with zero attached hydrogens (tertiary/aromatic N) is 3. The Labute approximate surface area is 163 Å². The van der Waals surface area contributed by atoms with E-state index in [0.717, 1.165) is 61.0 Å². The summed E-state index contributed by atoms with van der Waals surface area (Å²) in [5.74, 6) is 1.14. The number of carbonyl (C=O) groups excluding carboxylic acids is 1. The molecule has 0 aromatic carbocycles. The van der Waals surface area contributed by atoms with Crippen molar-refractivity contribution in [1.29, 1.82) is 0 Å². The summed E-state index contributed by atoms with van der Waals surface area (Å²) in [7, 11) is 0. The molecule has 3 saturated carbocycles. The minimum atomic E-state index is -0.474. The second-order valence-corrected chi connectivity index (χ2v) is 9.50. The van der Waals surface area contributed by atoms with Gasteiger partial charge in [-0.25, -0.2) is 14.8 Å². The van der Waals surface area contributed by atoms with E-state index in [0.29, 0.717) is 0 Å². The molecule has 3 heterocycles. The van der Waals surface area contributed by atoms with E-state index < -0.39 is 5.60 Å². The zero-order valence-corrected chi connectivity index (χ0v) is 16.7. The number of ether oxygens (including phenoxy) is 1. The van der Waals surface area contributed by atoms with Gasteiger partial charge in [0.2, 0.25) is 0 Å². The lowest BCUT2D eigenvalue weighted by atomic mass is 9.57. The smallest absolute Gasteiger partial charge is 0.408 e. The Balaban J connectivity index is 1.43. The third-order valence-corrected chi connectivity index (χ3v) is 6.55. The SMILES string of the molecule is CC(C)(C)OC(=O)NC12CCC(c3ncc4cnc5[nH]ccc5n34)(CC1)CC2. The van der Waals surface area contributed by atoms with Crippen LogP contribution in [0.4, 0.5) is 4.79 Å². The highest BCUT2D eigenvalue weighted by atomic mass is 16.6. The molecule has 0 atom stereocenters. The fraction of sp³-hybridized carbons (Fsp3) is 0.571. The number of nitrogens with one attached hydrogen (secondary N) is 2. The van der Waals surface area contributed by atoms with Gasteiger partial charge in [0.15, 0.2) is 5.65 Å². The molecule has 7 nitrogen and oxygen atoms in total. The van der Waals surface area contributed by atoms with Crippen LogP contribution in [0.3, 0.4) is 0 Å². The molecule has 6 rings (SSSR count). The number of alkyl carbamates (subject to hydrolysis) is 1. The molecule has 3 fully saturated rings. The van der Waals surface area contributed by atoms with Crippen molar-refractivity contribution >= 4 is 22.8 Å². The molecule has 2 bridgehead atoms. The number of fused-ring (bicyclic) bond motifs is 6. The van der Waals surface area contributed by atoms with Crippen LogP contribution in [0.5, 0.6) is 0 Å². The minimum Gasteiger partial charge on any atom is -0.444 e. The third-order valence-electron chi connectivity index (χ3n) is 6.55. The maximum Gasteiger partial charge on any atom is 0.408 e. The summed E-state index contributed by atoms with van der Waals surface area (Å²) in [6.45, 7) is 5.70. The minimum absolute atomic E-state index is 0.0648. The van der Waals surface area contributed by atoms with Crippen LogP contribution < -0.4 is 5.32 Å². The number of H-pyrrole nitrogens is 1. The molecule has 3 aliphatic carbocycles. The molecule has 0 saturated heterocycles. The first-order valence-corrected chi connectivity index (χ1v) is 10.1. The van der Waals surface area contributed by atoms with Crippen molar-refractivity contribution in [3.63, 3.8) is 0 Å². The molecule has 3 aromatic heterocycles. The first kappa shape index (κ1) is 17.5. The number of hydrogen-bond donors (Lipinski definition) is 2. The van der Waals surface area contributed by atoms with E-state index in [2.05, 4.69) is 25.8 Å². The Kier molecular flexibility index (Phi) is 3.58. The fourth-order valence-electron chi connectivity index (χ4n) is 5.08. The van der Waals surface area contributed by atoms with Gasteiger partial charge in [-0.2, -0.15) is 0 Å². The summed E-state index contributed by atoms with van der Waals surface area (Å²) in [6.07, 6.45) is 11.4. The lowest BCUT2D eigenvalue weighted by Crippen LogP contribution is -2.58. The quantitative estimate of drug-likeness (QED) is 0.700. The summed E-state index contributed by atoms with van der Waals surface area (Å²) >= 11 is 0. The van der Waals surface area contributed by atoms with Gasteiger partial charge < -0.3 is 15.0 Å². The Morgan fingerprint density at radius 3 is 2.50 bits per heavy atom. The summed E-state index contributed by atoms with van der Waals surface area (Å²) in [6, 6.07) is 2.07. The highest BCUT2D eigenvalue weighted by Gasteiger charge is 2.52. The van der Waals surface area contributed by atoms with Gasteiger partial charge in [0.05, 0.1) is 23.4 Å². The van der Waals surface area contributed by atoms with Crippen LogP contribution in [0.25, 0.3) is 16.7 Å². The summed E-state index contributed by atoms with van der Waals surface area (Å²) in [4.78, 5) is 24.9. The summed E-state index contributed by atoms with van der Waals surface area (Å²) < 4.78 is 7.76. The first-order valence-electron chi connectivity index (χ1n) is 10.1. The number of aromatic amines is 1. The van der Waals surface area contributed by atoms with Crippen molar-refractivity contribution < 1.29 is 9.53 Å². The van der Waals surface area contributed by atoms with Crippen LogP contribution in [-0.4, -0.2) is 36.6 Å². The maximum atomic E-state index is 12.3. The van der Waals surface area contributed by atoms with Gasteiger partial charge in [0, 0.05) is 17.2 Å². The second-order valence-electron chi connectivity index (χ2n) is 9.50. The largest absolute Gasteiger partial charge is 0.444 e. The van der Waals surface area contributed by atoms with Gasteiger partial charge in [0.1, 0.15) is 11.4 Å². The lowest BCUT2D eigenvalue weighted by Gasteiger charge is -2.52. The molecule has 1 amide bonds. The van der Waals surface area contributed by atoms with Crippen molar-refractivity contribution in [3.8, 4) is 0 Å². The van der Waals surface area contributed by atoms with E-state index in [1.54, 1.807) is 0 Å². The molecule has 3 aliphatic rings. The van der Waals surface area contributed by atoms with Crippen molar-refractivity contribution in [2.24, 2.45) is 0 Å². The second kappa shape index (κ2) is 5.72. The lowest BCUT2D eigenvalue weighted by molar-refractivity contribution is 0.0247. The normalized spacial score (nSPS) is 27.4. The number of imidazole rings is 1. The number of amides is 1. The molecule has 28 heavy (non-hydrogen) atoms. The van der Waals surface area contributed by atoms with Gasteiger partial charge >= 0.3 is 6.09 Å². The Bertz CT molecular complexity index is 1030. The average molecular weight is 381 g/mol. The monoisotopic (exact) mass is 381 g/mol. The van der Waals surface area contributed by atoms with E-state index >= 15 is 0 Å². The van der Waals surface area contributed by atoms with E-state index in [4.69, 9.17) is 9.72 Å². The number of aromatic nitrogens is 4. The molecule has 2 N–H and O–H groups in total. The summed E-state index contributed by atoms with van der Waals surface area (Å²) in [5.41, 5.74) is 2.45. The van der Waals surface area contributed by atoms with Crippen LogP contribution in [0, 0.1) is 0 Å². The van der Waals surface area contributed by atoms with Crippen LogP contribution >= 0.6 is 0 Å². The van der Waals surface area contributed by atoms with Crippen LogP contribution in [-0.2, 0) is 10.2 Å². The molecular formula is C21H27N5O2. The predicted octanol–water partition coefficient (Wildman–Crippen LogP) is 4.08. The number of carbonyl (C=O) groups is 1. The van der Waals surface area contributed by atoms with Crippen molar-refractivity contribution in [1.82, 2.24) is 24.7 Å². The van der Waals surface area contributed by atoms with E-state index in [9.17, 15) is 4.79 Å². The van der Waals surface area contributed by atoms with Crippen LogP contribution in [0.1, 0.15) is 65.1 Å². The molecule has 7 heteroatoms. The molecular weight excluding hydrogens is 354 g/mol. The average Bonchev–Trinajstić information content (AvgIpc) is 3.27. The highest BCUT2D eigenvalue weighted by molar-refractivity contribution is 5.75. The maximum absolute atomic E-state index is 12.3. The van der Waals surface area contributed by atoms with Crippen LogP contribution in [0.15, 0.2) is 24.7 Å². The third kappa shape index (κ3) is 2.67. The molecule has 0 radical (unpaired) electrons. The zero-order chi connectivity index (χ0) is 19.6. The molecule has 0 aliphatic heterocycles. The predicted molar refractivity (Wildman–Crippen MR) is 106 cm³/mol. The van der Waals surface area contributed by atoms with Crippen molar-refractivity contribution in [2.45, 2.75) is 75.9 Å². The van der Waals surface area contributed by atoms with Gasteiger partial charge in [-0.05, 0) is 65.4 Å². The Hall–Kier alpha value is -2.57. The fourth-order valence-corrected chi connectivity index (χ4v) is 5.08. The van der Waals surface area contributed by atoms with Gasteiger partial charge in [-0.3, -0.25) is 4.40 Å². The van der Waals surface area contributed by atoms with E-state index in [1.807, 2.05) is 39.4 Å². The molecule has 0 spiro atoms. The summed E-state index contributed by atoms with van der Waals surface area (Å²) in [5, 5.41) is 3.20. The highest BCUT2D eigenvalue weighted by Crippen LogP contribution is 2.53. The first-order chi connectivity index (χ1) is 13.3.